The second-order valence-corrected chi connectivity index (χ2v) is 6.40. The lowest BCUT2D eigenvalue weighted by Crippen LogP contribution is -2.33. The Hall–Kier alpha value is -0.190. The highest BCUT2D eigenvalue weighted by Gasteiger charge is 2.25. The third-order valence-corrected chi connectivity index (χ3v) is 5.32. The van der Waals surface area contributed by atoms with E-state index in [0.717, 1.165) is 35.8 Å². The molecule has 5 heteroatoms. The maximum Gasteiger partial charge on any atom is 0.0850 e. The van der Waals surface area contributed by atoms with Crippen molar-refractivity contribution in [1.82, 2.24) is 9.78 Å². The summed E-state index contributed by atoms with van der Waals surface area (Å²) < 4.78 is 2.02. The Morgan fingerprint density at radius 2 is 2.33 bits per heavy atom. The SMILES string of the molecule is CCc1nn(CC)c(CC(N)C2CCSC2)c1Cl. The van der Waals surface area contributed by atoms with Gasteiger partial charge in [0.15, 0.2) is 0 Å². The molecule has 1 aromatic rings. The van der Waals surface area contributed by atoms with Crippen LogP contribution < -0.4 is 5.73 Å². The van der Waals surface area contributed by atoms with E-state index in [4.69, 9.17) is 17.3 Å². The number of aromatic nitrogens is 2. The first-order valence-electron chi connectivity index (χ1n) is 6.74. The van der Waals surface area contributed by atoms with E-state index < -0.39 is 0 Å². The highest BCUT2D eigenvalue weighted by molar-refractivity contribution is 7.99. The molecule has 2 unspecified atom stereocenters. The first-order chi connectivity index (χ1) is 8.67. The van der Waals surface area contributed by atoms with Gasteiger partial charge in [-0.1, -0.05) is 18.5 Å². The van der Waals surface area contributed by atoms with Crippen LogP contribution in [0.2, 0.25) is 5.02 Å². The molecule has 0 bridgehead atoms. The lowest BCUT2D eigenvalue weighted by atomic mass is 9.96. The highest BCUT2D eigenvalue weighted by atomic mass is 35.5. The van der Waals surface area contributed by atoms with Crippen molar-refractivity contribution in [2.75, 3.05) is 11.5 Å². The number of nitrogens with zero attached hydrogens (tertiary/aromatic N) is 2. The van der Waals surface area contributed by atoms with Crippen LogP contribution in [0.4, 0.5) is 0 Å². The van der Waals surface area contributed by atoms with Crippen molar-refractivity contribution in [3.05, 3.63) is 16.4 Å². The number of aryl methyl sites for hydroxylation is 2. The zero-order chi connectivity index (χ0) is 13.1. The van der Waals surface area contributed by atoms with Gasteiger partial charge >= 0.3 is 0 Å². The van der Waals surface area contributed by atoms with Crippen molar-refractivity contribution in [3.8, 4) is 0 Å². The first-order valence-corrected chi connectivity index (χ1v) is 8.28. The van der Waals surface area contributed by atoms with Gasteiger partial charge in [0.25, 0.3) is 0 Å². The van der Waals surface area contributed by atoms with Crippen LogP contribution in [0.1, 0.15) is 31.7 Å². The molecule has 1 aromatic heterocycles. The molecule has 102 valence electrons. The van der Waals surface area contributed by atoms with Crippen LogP contribution in [0.25, 0.3) is 0 Å². The Labute approximate surface area is 118 Å². The molecule has 2 atom stereocenters. The Bertz CT molecular complexity index is 399. The van der Waals surface area contributed by atoms with Crippen LogP contribution >= 0.6 is 23.4 Å². The zero-order valence-corrected chi connectivity index (χ0v) is 12.7. The maximum atomic E-state index is 6.42. The van der Waals surface area contributed by atoms with E-state index >= 15 is 0 Å². The molecule has 1 aliphatic heterocycles. The minimum absolute atomic E-state index is 0.212. The molecule has 1 aliphatic rings. The third-order valence-electron chi connectivity index (χ3n) is 3.69. The van der Waals surface area contributed by atoms with Crippen LogP contribution in [-0.2, 0) is 19.4 Å². The van der Waals surface area contributed by atoms with Gasteiger partial charge in [0.1, 0.15) is 0 Å². The summed E-state index contributed by atoms with van der Waals surface area (Å²) in [7, 11) is 0. The van der Waals surface area contributed by atoms with Gasteiger partial charge in [0.05, 0.1) is 16.4 Å². The monoisotopic (exact) mass is 287 g/mol. The smallest absolute Gasteiger partial charge is 0.0850 e. The molecule has 0 saturated carbocycles. The molecule has 2 heterocycles. The molecule has 18 heavy (non-hydrogen) atoms. The van der Waals surface area contributed by atoms with Gasteiger partial charge in [-0.15, -0.1) is 0 Å². The van der Waals surface area contributed by atoms with Crippen LogP contribution in [0.3, 0.4) is 0 Å². The second kappa shape index (κ2) is 6.31. The third kappa shape index (κ3) is 2.86. The summed E-state index contributed by atoms with van der Waals surface area (Å²) in [5.41, 5.74) is 8.47. The van der Waals surface area contributed by atoms with E-state index in [0.29, 0.717) is 5.92 Å². The van der Waals surface area contributed by atoms with E-state index in [1.807, 2.05) is 16.4 Å². The van der Waals surface area contributed by atoms with Gasteiger partial charge < -0.3 is 5.73 Å². The molecule has 0 aliphatic carbocycles. The van der Waals surface area contributed by atoms with Gasteiger partial charge in [-0.3, -0.25) is 4.68 Å². The molecule has 0 radical (unpaired) electrons. The van der Waals surface area contributed by atoms with Crippen molar-refractivity contribution < 1.29 is 0 Å². The fourth-order valence-electron chi connectivity index (χ4n) is 2.49. The molecule has 0 amide bonds. The summed E-state index contributed by atoms with van der Waals surface area (Å²) in [6.07, 6.45) is 2.97. The number of hydrogen-bond donors (Lipinski definition) is 1. The number of hydrogen-bond acceptors (Lipinski definition) is 3. The lowest BCUT2D eigenvalue weighted by Gasteiger charge is -2.18. The Morgan fingerprint density at radius 1 is 1.56 bits per heavy atom. The van der Waals surface area contributed by atoms with Crippen LogP contribution in [-0.4, -0.2) is 27.3 Å². The van der Waals surface area contributed by atoms with E-state index in [2.05, 4.69) is 18.9 Å². The molecule has 2 rings (SSSR count). The lowest BCUT2D eigenvalue weighted by molar-refractivity contribution is 0.448. The average Bonchev–Trinajstić information content (AvgIpc) is 2.99. The summed E-state index contributed by atoms with van der Waals surface area (Å²) in [5, 5.41) is 5.38. The molecule has 1 fully saturated rings. The summed E-state index contributed by atoms with van der Waals surface area (Å²) in [6.45, 7) is 5.05. The molecule has 2 N–H and O–H groups in total. The average molecular weight is 288 g/mol. The van der Waals surface area contributed by atoms with Crippen molar-refractivity contribution in [2.45, 2.75) is 45.7 Å². The van der Waals surface area contributed by atoms with E-state index in [-0.39, 0.29) is 6.04 Å². The van der Waals surface area contributed by atoms with Crippen molar-refractivity contribution in [2.24, 2.45) is 11.7 Å². The zero-order valence-electron chi connectivity index (χ0n) is 11.2. The molecule has 0 spiro atoms. The van der Waals surface area contributed by atoms with Crippen LogP contribution in [0.5, 0.6) is 0 Å². The van der Waals surface area contributed by atoms with E-state index in [1.165, 1.54) is 17.9 Å². The maximum absolute atomic E-state index is 6.42. The van der Waals surface area contributed by atoms with Crippen molar-refractivity contribution in [3.63, 3.8) is 0 Å². The highest BCUT2D eigenvalue weighted by Crippen LogP contribution is 2.29. The topological polar surface area (TPSA) is 43.8 Å². The number of rotatable bonds is 5. The van der Waals surface area contributed by atoms with E-state index in [1.54, 1.807) is 0 Å². The first kappa shape index (κ1) is 14.2. The Balaban J connectivity index is 2.14. The van der Waals surface area contributed by atoms with Crippen LogP contribution in [0.15, 0.2) is 0 Å². The minimum Gasteiger partial charge on any atom is -0.327 e. The molecular weight excluding hydrogens is 266 g/mol. The summed E-state index contributed by atoms with van der Waals surface area (Å²) in [5.74, 6) is 3.08. The summed E-state index contributed by atoms with van der Waals surface area (Å²) in [6, 6.07) is 0.212. The number of thioether (sulfide) groups is 1. The van der Waals surface area contributed by atoms with Crippen molar-refractivity contribution in [1.29, 1.82) is 0 Å². The van der Waals surface area contributed by atoms with Gasteiger partial charge in [-0.2, -0.15) is 16.9 Å². The van der Waals surface area contributed by atoms with Gasteiger partial charge in [-0.25, -0.2) is 0 Å². The minimum atomic E-state index is 0.212. The normalized spacial score (nSPS) is 21.4. The van der Waals surface area contributed by atoms with Gasteiger partial charge in [0, 0.05) is 19.0 Å². The van der Waals surface area contributed by atoms with E-state index in [9.17, 15) is 0 Å². The van der Waals surface area contributed by atoms with Crippen LogP contribution in [0, 0.1) is 5.92 Å². The second-order valence-electron chi connectivity index (χ2n) is 4.87. The number of halogens is 1. The molecular formula is C13H22ClN3S. The standard InChI is InChI=1S/C13H22ClN3S/c1-3-11-13(14)12(17(4-2)16-11)7-10(15)9-5-6-18-8-9/h9-10H,3-8,15H2,1-2H3. The van der Waals surface area contributed by atoms with Gasteiger partial charge in [0.2, 0.25) is 0 Å². The predicted molar refractivity (Wildman–Crippen MR) is 79.4 cm³/mol. The number of nitrogens with two attached hydrogens (primary N) is 1. The summed E-state index contributed by atoms with van der Waals surface area (Å²) in [4.78, 5) is 0. The largest absolute Gasteiger partial charge is 0.327 e. The fraction of sp³-hybridized carbons (Fsp3) is 0.769. The fourth-order valence-corrected chi connectivity index (χ4v) is 4.19. The molecule has 0 aromatic carbocycles. The molecule has 1 saturated heterocycles. The molecule has 3 nitrogen and oxygen atoms in total. The Kier molecular flexibility index (Phi) is 4.98. The van der Waals surface area contributed by atoms with Gasteiger partial charge in [-0.05, 0) is 37.2 Å². The summed E-state index contributed by atoms with van der Waals surface area (Å²) >= 11 is 8.42. The quantitative estimate of drug-likeness (QED) is 0.906. The Morgan fingerprint density at radius 3 is 2.89 bits per heavy atom. The van der Waals surface area contributed by atoms with Crippen molar-refractivity contribution >= 4 is 23.4 Å². The predicted octanol–water partition coefficient (Wildman–Crippen LogP) is 2.74.